The normalized spacial score (nSPS) is 10.2. The average molecular weight is 226 g/mol. The van der Waals surface area contributed by atoms with E-state index in [-0.39, 0.29) is 0 Å². The summed E-state index contributed by atoms with van der Waals surface area (Å²) in [6.07, 6.45) is 0.332. The van der Waals surface area contributed by atoms with Gasteiger partial charge in [0.2, 0.25) is 0 Å². The molecule has 0 radical (unpaired) electrons. The summed E-state index contributed by atoms with van der Waals surface area (Å²) in [6, 6.07) is 8.23. The molecule has 3 heteroatoms. The molecule has 1 heterocycles. The molecule has 0 fully saturated rings. The van der Waals surface area contributed by atoms with E-state index in [0.717, 1.165) is 33.5 Å². The molecule has 0 aliphatic rings. The summed E-state index contributed by atoms with van der Waals surface area (Å²) in [5.74, 6) is 0.763. The van der Waals surface area contributed by atoms with Gasteiger partial charge in [-0.2, -0.15) is 5.26 Å². The maximum Gasteiger partial charge on any atom is 0.145 e. The zero-order chi connectivity index (χ0) is 12.4. The number of pyridine rings is 1. The van der Waals surface area contributed by atoms with Gasteiger partial charge in [-0.25, -0.2) is 4.98 Å². The first-order valence-corrected chi connectivity index (χ1v) is 5.47. The molecule has 0 unspecified atom stereocenters. The van der Waals surface area contributed by atoms with Crippen molar-refractivity contribution in [2.24, 2.45) is 0 Å². The van der Waals surface area contributed by atoms with Crippen LogP contribution in [0, 0.1) is 25.2 Å². The Morgan fingerprint density at radius 3 is 2.71 bits per heavy atom. The molecule has 0 bridgehead atoms. The second-order valence-electron chi connectivity index (χ2n) is 4.13. The van der Waals surface area contributed by atoms with Crippen molar-refractivity contribution >= 4 is 10.9 Å². The molecule has 2 rings (SSSR count). The molecule has 0 amide bonds. The topological polar surface area (TPSA) is 45.9 Å². The number of methoxy groups -OCH3 is 1. The summed E-state index contributed by atoms with van der Waals surface area (Å²) in [5.41, 5.74) is 3.84. The molecular formula is C14H14N2O. The fraction of sp³-hybridized carbons (Fsp3) is 0.286. The lowest BCUT2D eigenvalue weighted by Gasteiger charge is -2.09. The van der Waals surface area contributed by atoms with E-state index in [1.165, 1.54) is 0 Å². The van der Waals surface area contributed by atoms with Gasteiger partial charge < -0.3 is 4.74 Å². The van der Waals surface area contributed by atoms with E-state index in [1.807, 2.05) is 19.9 Å². The van der Waals surface area contributed by atoms with Gasteiger partial charge >= 0.3 is 0 Å². The minimum atomic E-state index is 0.332. The van der Waals surface area contributed by atoms with Crippen LogP contribution in [0.3, 0.4) is 0 Å². The lowest BCUT2D eigenvalue weighted by atomic mass is 10.1. The number of aromatic nitrogens is 1. The molecule has 0 saturated heterocycles. The van der Waals surface area contributed by atoms with Crippen molar-refractivity contribution in [1.82, 2.24) is 4.98 Å². The van der Waals surface area contributed by atoms with Crippen molar-refractivity contribution in [1.29, 1.82) is 5.26 Å². The number of hydrogen-bond acceptors (Lipinski definition) is 3. The summed E-state index contributed by atoms with van der Waals surface area (Å²) >= 11 is 0. The maximum atomic E-state index is 8.77. The van der Waals surface area contributed by atoms with Crippen molar-refractivity contribution in [3.63, 3.8) is 0 Å². The Morgan fingerprint density at radius 1 is 1.29 bits per heavy atom. The summed E-state index contributed by atoms with van der Waals surface area (Å²) in [7, 11) is 1.64. The highest BCUT2D eigenvalue weighted by molar-refractivity contribution is 5.86. The third-order valence-electron chi connectivity index (χ3n) is 2.79. The SMILES string of the molecule is COc1cc(C)cc2cc(C)c(CC#N)nc12. The predicted molar refractivity (Wildman–Crippen MR) is 67.1 cm³/mol. The highest BCUT2D eigenvalue weighted by Gasteiger charge is 2.08. The molecule has 1 aromatic heterocycles. The number of ether oxygens (including phenoxy) is 1. The average Bonchev–Trinajstić information content (AvgIpc) is 2.29. The second kappa shape index (κ2) is 4.42. The molecule has 0 atom stereocenters. The molecular weight excluding hydrogens is 212 g/mol. The lowest BCUT2D eigenvalue weighted by Crippen LogP contribution is -1.96. The van der Waals surface area contributed by atoms with Gasteiger partial charge in [0.15, 0.2) is 0 Å². The van der Waals surface area contributed by atoms with E-state index in [9.17, 15) is 0 Å². The summed E-state index contributed by atoms with van der Waals surface area (Å²) in [5, 5.41) is 9.82. The summed E-state index contributed by atoms with van der Waals surface area (Å²) in [6.45, 7) is 4.01. The molecule has 0 spiro atoms. The van der Waals surface area contributed by atoms with Gasteiger partial charge in [0.05, 0.1) is 25.3 Å². The number of hydrogen-bond donors (Lipinski definition) is 0. The Bertz CT molecular complexity index is 612. The monoisotopic (exact) mass is 226 g/mol. The number of aryl methyl sites for hydroxylation is 2. The Kier molecular flexibility index (Phi) is 2.97. The highest BCUT2D eigenvalue weighted by Crippen LogP contribution is 2.27. The van der Waals surface area contributed by atoms with Gasteiger partial charge in [-0.15, -0.1) is 0 Å². The zero-order valence-corrected chi connectivity index (χ0v) is 10.2. The van der Waals surface area contributed by atoms with Crippen molar-refractivity contribution in [3.8, 4) is 11.8 Å². The predicted octanol–water partition coefficient (Wildman–Crippen LogP) is 2.93. The van der Waals surface area contributed by atoms with Crippen LogP contribution in [0.15, 0.2) is 18.2 Å². The van der Waals surface area contributed by atoms with Gasteiger partial charge in [0.1, 0.15) is 11.3 Å². The van der Waals surface area contributed by atoms with Gasteiger partial charge in [-0.1, -0.05) is 0 Å². The molecule has 0 aliphatic heterocycles. The number of nitrogens with zero attached hydrogens (tertiary/aromatic N) is 2. The van der Waals surface area contributed by atoms with Gasteiger partial charge in [0, 0.05) is 5.39 Å². The summed E-state index contributed by atoms with van der Waals surface area (Å²) in [4.78, 5) is 4.53. The van der Waals surface area contributed by atoms with Crippen LogP contribution in [0.5, 0.6) is 5.75 Å². The van der Waals surface area contributed by atoms with Crippen LogP contribution in [0.2, 0.25) is 0 Å². The van der Waals surface area contributed by atoms with Gasteiger partial charge in [0.25, 0.3) is 0 Å². The fourth-order valence-corrected chi connectivity index (χ4v) is 1.95. The van der Waals surface area contributed by atoms with E-state index in [0.29, 0.717) is 6.42 Å². The number of benzene rings is 1. The maximum absolute atomic E-state index is 8.77. The number of fused-ring (bicyclic) bond motifs is 1. The molecule has 2 aromatic rings. The van der Waals surface area contributed by atoms with E-state index in [4.69, 9.17) is 10.00 Å². The lowest BCUT2D eigenvalue weighted by molar-refractivity contribution is 0.418. The third-order valence-corrected chi connectivity index (χ3v) is 2.79. The van der Waals surface area contributed by atoms with Gasteiger partial charge in [-0.3, -0.25) is 0 Å². The Morgan fingerprint density at radius 2 is 2.06 bits per heavy atom. The van der Waals surface area contributed by atoms with Crippen LogP contribution in [0.1, 0.15) is 16.8 Å². The Labute approximate surface area is 101 Å². The molecule has 0 aliphatic carbocycles. The van der Waals surface area contributed by atoms with Crippen LogP contribution in [0.25, 0.3) is 10.9 Å². The van der Waals surface area contributed by atoms with Crippen molar-refractivity contribution in [2.45, 2.75) is 20.3 Å². The molecule has 0 N–H and O–H groups in total. The molecule has 0 saturated carbocycles. The zero-order valence-electron chi connectivity index (χ0n) is 10.2. The van der Waals surface area contributed by atoms with Crippen LogP contribution < -0.4 is 4.74 Å². The van der Waals surface area contributed by atoms with Crippen molar-refractivity contribution < 1.29 is 4.74 Å². The van der Waals surface area contributed by atoms with E-state index < -0.39 is 0 Å². The van der Waals surface area contributed by atoms with E-state index >= 15 is 0 Å². The standard InChI is InChI=1S/C14H14N2O/c1-9-6-11-8-10(2)12(4-5-15)16-14(11)13(7-9)17-3/h6-8H,4H2,1-3H3. The first-order valence-electron chi connectivity index (χ1n) is 5.47. The molecule has 86 valence electrons. The minimum Gasteiger partial charge on any atom is -0.494 e. The van der Waals surface area contributed by atoms with Crippen LogP contribution in [0.4, 0.5) is 0 Å². The summed E-state index contributed by atoms with van der Waals surface area (Å²) < 4.78 is 5.34. The van der Waals surface area contributed by atoms with E-state index in [1.54, 1.807) is 7.11 Å². The largest absolute Gasteiger partial charge is 0.494 e. The van der Waals surface area contributed by atoms with Crippen molar-refractivity contribution in [2.75, 3.05) is 7.11 Å². The molecule has 3 nitrogen and oxygen atoms in total. The fourth-order valence-electron chi connectivity index (χ4n) is 1.95. The molecule has 1 aromatic carbocycles. The Balaban J connectivity index is 2.75. The third kappa shape index (κ3) is 2.07. The first-order chi connectivity index (χ1) is 8.15. The molecule has 17 heavy (non-hydrogen) atoms. The smallest absolute Gasteiger partial charge is 0.145 e. The quantitative estimate of drug-likeness (QED) is 0.790. The first kappa shape index (κ1) is 11.4. The van der Waals surface area contributed by atoms with Crippen LogP contribution in [-0.2, 0) is 6.42 Å². The van der Waals surface area contributed by atoms with Crippen molar-refractivity contribution in [3.05, 3.63) is 35.0 Å². The number of nitriles is 1. The highest BCUT2D eigenvalue weighted by atomic mass is 16.5. The number of rotatable bonds is 2. The second-order valence-corrected chi connectivity index (χ2v) is 4.13. The van der Waals surface area contributed by atoms with Crippen LogP contribution in [-0.4, -0.2) is 12.1 Å². The van der Waals surface area contributed by atoms with Crippen LogP contribution >= 0.6 is 0 Å². The minimum absolute atomic E-state index is 0.332. The Hall–Kier alpha value is -2.08. The van der Waals surface area contributed by atoms with Gasteiger partial charge in [-0.05, 0) is 43.2 Å². The van der Waals surface area contributed by atoms with E-state index in [2.05, 4.69) is 23.2 Å².